The predicted octanol–water partition coefficient (Wildman–Crippen LogP) is 3.32. The van der Waals surface area contributed by atoms with Crippen LogP contribution in [0.3, 0.4) is 0 Å². The van der Waals surface area contributed by atoms with Gasteiger partial charge in [0.05, 0.1) is 6.26 Å². The molecule has 0 aliphatic carbocycles. The van der Waals surface area contributed by atoms with Gasteiger partial charge in [0.1, 0.15) is 19.0 Å². The molecule has 3 nitrogen and oxygen atoms in total. The number of hydrogen-bond acceptors (Lipinski definition) is 3. The first-order chi connectivity index (χ1) is 9.36. The molecule has 1 aliphatic heterocycles. The first kappa shape index (κ1) is 15.6. The molecule has 0 unspecified atom stereocenters. The molecule has 1 rings (SSSR count). The van der Waals surface area contributed by atoms with Gasteiger partial charge in [0.25, 0.3) is 0 Å². The highest BCUT2D eigenvalue weighted by Gasteiger charge is 2.14. The largest absolute Gasteiger partial charge is 0.497 e. The fraction of sp³-hybridized carbons (Fsp3) is 0.500. The minimum atomic E-state index is 0.489. The van der Waals surface area contributed by atoms with Gasteiger partial charge in [-0.1, -0.05) is 18.2 Å². The number of nitrogens with one attached hydrogen (secondary N) is 1. The zero-order valence-corrected chi connectivity index (χ0v) is 12.0. The van der Waals surface area contributed by atoms with Crippen LogP contribution in [0.2, 0.25) is 0 Å². The van der Waals surface area contributed by atoms with Crippen molar-refractivity contribution in [3.63, 3.8) is 0 Å². The summed E-state index contributed by atoms with van der Waals surface area (Å²) in [6, 6.07) is 0.489. The average Bonchev–Trinajstić information content (AvgIpc) is 2.93. The maximum Gasteiger partial charge on any atom is 0.119 e. The summed E-state index contributed by atoms with van der Waals surface area (Å²) in [5.41, 5.74) is 0. The van der Waals surface area contributed by atoms with Crippen LogP contribution in [0.4, 0.5) is 0 Å². The molecule has 3 heteroatoms. The Morgan fingerprint density at radius 2 is 2.21 bits per heavy atom. The molecule has 1 heterocycles. The molecule has 1 aliphatic rings. The summed E-state index contributed by atoms with van der Waals surface area (Å²) in [6.45, 7) is 6.39. The van der Waals surface area contributed by atoms with Gasteiger partial charge in [0.15, 0.2) is 0 Å². The summed E-state index contributed by atoms with van der Waals surface area (Å²) < 4.78 is 11.1. The minimum absolute atomic E-state index is 0.489. The lowest BCUT2D eigenvalue weighted by Crippen LogP contribution is -2.26. The van der Waals surface area contributed by atoms with Crippen molar-refractivity contribution in [2.24, 2.45) is 0 Å². The van der Waals surface area contributed by atoms with Crippen molar-refractivity contribution in [2.45, 2.75) is 32.7 Å². The van der Waals surface area contributed by atoms with Crippen LogP contribution in [0, 0.1) is 0 Å². The zero-order chi connectivity index (χ0) is 13.8. The van der Waals surface area contributed by atoms with E-state index in [1.54, 1.807) is 6.26 Å². The van der Waals surface area contributed by atoms with E-state index in [2.05, 4.69) is 5.32 Å². The molecule has 1 saturated heterocycles. The summed E-state index contributed by atoms with van der Waals surface area (Å²) in [6.07, 6.45) is 15.8. The highest BCUT2D eigenvalue weighted by molar-refractivity contribution is 5.17. The van der Waals surface area contributed by atoms with E-state index in [0.717, 1.165) is 18.9 Å². The standard InChI is InChI=1S/C16H25NO2/c1-3-5-12-18-13-7-10-16(8-4-2)19-14-15-9-6-11-17-15/h3-5,7-8,10,13,15,17H,6,9,11-12,14H2,1-2H3/b5-3+,8-4-,13-7+,16-10+/t15-/m1/s1. The summed E-state index contributed by atoms with van der Waals surface area (Å²) in [7, 11) is 0. The molecule has 0 saturated carbocycles. The van der Waals surface area contributed by atoms with Crippen molar-refractivity contribution in [3.8, 4) is 0 Å². The molecule has 0 radical (unpaired) electrons. The molecule has 0 aromatic rings. The third-order valence-electron chi connectivity index (χ3n) is 2.81. The highest BCUT2D eigenvalue weighted by atomic mass is 16.5. The summed E-state index contributed by atoms with van der Waals surface area (Å²) in [4.78, 5) is 0. The Morgan fingerprint density at radius 3 is 2.89 bits per heavy atom. The zero-order valence-electron chi connectivity index (χ0n) is 12.0. The van der Waals surface area contributed by atoms with Crippen LogP contribution in [-0.4, -0.2) is 25.8 Å². The van der Waals surface area contributed by atoms with E-state index in [1.165, 1.54) is 12.8 Å². The Hall–Kier alpha value is -1.48. The quantitative estimate of drug-likeness (QED) is 0.315. The lowest BCUT2D eigenvalue weighted by molar-refractivity contribution is 0.196. The molecule has 0 amide bonds. The molecule has 0 bridgehead atoms. The van der Waals surface area contributed by atoms with Gasteiger partial charge in [0.2, 0.25) is 0 Å². The van der Waals surface area contributed by atoms with Crippen LogP contribution in [0.25, 0.3) is 0 Å². The van der Waals surface area contributed by atoms with Crippen LogP contribution >= 0.6 is 0 Å². The highest BCUT2D eigenvalue weighted by Crippen LogP contribution is 2.08. The summed E-state index contributed by atoms with van der Waals surface area (Å²) >= 11 is 0. The predicted molar refractivity (Wildman–Crippen MR) is 79.8 cm³/mol. The second-order valence-electron chi connectivity index (χ2n) is 4.40. The van der Waals surface area contributed by atoms with Crippen molar-refractivity contribution in [2.75, 3.05) is 19.8 Å². The molecule has 0 aromatic carbocycles. The molecule has 106 valence electrons. The molecule has 19 heavy (non-hydrogen) atoms. The molecule has 1 fully saturated rings. The maximum atomic E-state index is 5.79. The van der Waals surface area contributed by atoms with Gasteiger partial charge < -0.3 is 14.8 Å². The van der Waals surface area contributed by atoms with Crippen molar-refractivity contribution in [3.05, 3.63) is 48.5 Å². The van der Waals surface area contributed by atoms with E-state index >= 15 is 0 Å². The van der Waals surface area contributed by atoms with E-state index in [9.17, 15) is 0 Å². The van der Waals surface area contributed by atoms with Gasteiger partial charge in [-0.2, -0.15) is 0 Å². The SMILES string of the molecule is C\C=C/C(=C\C=C\OC/C=C/C)OC[C@H]1CCCN1. The molecular weight excluding hydrogens is 238 g/mol. The minimum Gasteiger partial charge on any atom is -0.497 e. The second-order valence-corrected chi connectivity index (χ2v) is 4.40. The number of rotatable bonds is 8. The first-order valence-corrected chi connectivity index (χ1v) is 6.95. The van der Waals surface area contributed by atoms with Crippen LogP contribution in [0.15, 0.2) is 48.5 Å². The Kier molecular flexibility index (Phi) is 8.56. The molecular formula is C16H25NO2. The second kappa shape index (κ2) is 10.4. The van der Waals surface area contributed by atoms with E-state index in [0.29, 0.717) is 12.6 Å². The van der Waals surface area contributed by atoms with Gasteiger partial charge in [0, 0.05) is 6.04 Å². The van der Waals surface area contributed by atoms with Crippen molar-refractivity contribution >= 4 is 0 Å². The van der Waals surface area contributed by atoms with Gasteiger partial charge >= 0.3 is 0 Å². The summed E-state index contributed by atoms with van der Waals surface area (Å²) in [5.74, 6) is 0.863. The van der Waals surface area contributed by atoms with Crippen LogP contribution in [-0.2, 0) is 9.47 Å². The first-order valence-electron chi connectivity index (χ1n) is 6.95. The van der Waals surface area contributed by atoms with E-state index < -0.39 is 0 Å². The lowest BCUT2D eigenvalue weighted by Gasteiger charge is -2.12. The lowest BCUT2D eigenvalue weighted by atomic mass is 10.2. The smallest absolute Gasteiger partial charge is 0.119 e. The number of allylic oxidation sites excluding steroid dienone is 5. The van der Waals surface area contributed by atoms with Gasteiger partial charge in [-0.25, -0.2) is 0 Å². The Morgan fingerprint density at radius 1 is 1.32 bits per heavy atom. The molecule has 1 atom stereocenters. The van der Waals surface area contributed by atoms with Crippen LogP contribution in [0.5, 0.6) is 0 Å². The van der Waals surface area contributed by atoms with Gasteiger partial charge in [-0.3, -0.25) is 0 Å². The Labute approximate surface area is 116 Å². The van der Waals surface area contributed by atoms with Gasteiger partial charge in [-0.15, -0.1) is 0 Å². The van der Waals surface area contributed by atoms with Crippen LogP contribution in [0.1, 0.15) is 26.7 Å². The average molecular weight is 263 g/mol. The molecule has 0 spiro atoms. The third-order valence-corrected chi connectivity index (χ3v) is 2.81. The monoisotopic (exact) mass is 263 g/mol. The van der Waals surface area contributed by atoms with Crippen LogP contribution < -0.4 is 5.32 Å². The van der Waals surface area contributed by atoms with Crippen molar-refractivity contribution in [1.29, 1.82) is 0 Å². The van der Waals surface area contributed by atoms with E-state index in [4.69, 9.17) is 9.47 Å². The Bertz CT molecular complexity index is 337. The fourth-order valence-corrected chi connectivity index (χ4v) is 1.81. The molecule has 1 N–H and O–H groups in total. The fourth-order valence-electron chi connectivity index (χ4n) is 1.81. The van der Waals surface area contributed by atoms with E-state index in [1.807, 2.05) is 50.3 Å². The normalized spacial score (nSPS) is 20.9. The van der Waals surface area contributed by atoms with E-state index in [-0.39, 0.29) is 0 Å². The maximum absolute atomic E-state index is 5.79. The Balaban J connectivity index is 2.32. The third kappa shape index (κ3) is 7.52. The molecule has 0 aromatic heterocycles. The van der Waals surface area contributed by atoms with Crippen molar-refractivity contribution in [1.82, 2.24) is 5.32 Å². The number of ether oxygens (including phenoxy) is 2. The topological polar surface area (TPSA) is 30.5 Å². The van der Waals surface area contributed by atoms with Gasteiger partial charge in [-0.05, 0) is 51.5 Å². The van der Waals surface area contributed by atoms with Crippen molar-refractivity contribution < 1.29 is 9.47 Å². The summed E-state index contributed by atoms with van der Waals surface area (Å²) in [5, 5.41) is 3.42. The number of hydrogen-bond donors (Lipinski definition) is 1.